The zero-order chi connectivity index (χ0) is 24.1. The van der Waals surface area contributed by atoms with Crippen LogP contribution in [0.2, 0.25) is 10.0 Å². The number of carbonyl (C=O) groups is 1. The number of carbonyl (C=O) groups excluding carboxylic acids is 1. The molecule has 3 aromatic rings. The molecule has 0 saturated heterocycles. The molecule has 0 saturated carbocycles. The van der Waals surface area contributed by atoms with E-state index in [0.29, 0.717) is 33.2 Å². The van der Waals surface area contributed by atoms with Crippen LogP contribution in [0, 0.1) is 5.82 Å². The Morgan fingerprint density at radius 3 is 2.70 bits per heavy atom. The second kappa shape index (κ2) is 11.0. The molecule has 1 amide bonds. The molecule has 0 spiro atoms. The molecule has 3 rings (SSSR count). The van der Waals surface area contributed by atoms with Crippen LogP contribution in [-0.4, -0.2) is 52.5 Å². The number of halogens is 3. The average molecular weight is 497 g/mol. The van der Waals surface area contributed by atoms with E-state index in [9.17, 15) is 14.3 Å². The van der Waals surface area contributed by atoms with E-state index >= 15 is 0 Å². The number of aliphatic hydroxyl groups excluding tert-OH is 2. The number of hydrogen-bond acceptors (Lipinski definition) is 6. The van der Waals surface area contributed by atoms with Gasteiger partial charge in [0.25, 0.3) is 5.91 Å². The van der Waals surface area contributed by atoms with Gasteiger partial charge in [-0.15, -0.1) is 0 Å². The van der Waals surface area contributed by atoms with Gasteiger partial charge in [-0.25, -0.2) is 14.4 Å². The first-order valence-corrected chi connectivity index (χ1v) is 10.7. The number of anilines is 1. The number of aryl methyl sites for hydroxylation is 1. The van der Waals surface area contributed by atoms with Gasteiger partial charge in [-0.3, -0.25) is 9.63 Å². The Hall–Kier alpha value is -2.69. The second-order valence-corrected chi connectivity index (χ2v) is 8.00. The number of amides is 1. The Kier molecular flexibility index (Phi) is 8.28. The molecule has 33 heavy (non-hydrogen) atoms. The molecule has 1 atom stereocenters. The molecule has 0 radical (unpaired) electrons. The van der Waals surface area contributed by atoms with E-state index in [-0.39, 0.29) is 18.2 Å². The fourth-order valence-electron chi connectivity index (χ4n) is 3.20. The van der Waals surface area contributed by atoms with E-state index < -0.39 is 24.4 Å². The Labute approximate surface area is 200 Å². The Bertz CT molecular complexity index is 1140. The van der Waals surface area contributed by atoms with Gasteiger partial charge in [0.1, 0.15) is 11.5 Å². The minimum Gasteiger partial charge on any atom is -0.394 e. The largest absolute Gasteiger partial charge is 0.394 e. The van der Waals surface area contributed by atoms with E-state index in [0.717, 1.165) is 0 Å². The van der Waals surface area contributed by atoms with Gasteiger partial charge < -0.3 is 20.1 Å². The lowest BCUT2D eigenvalue weighted by Crippen LogP contribution is -2.31. The maximum atomic E-state index is 13.5. The van der Waals surface area contributed by atoms with Gasteiger partial charge in [-0.05, 0) is 29.8 Å². The van der Waals surface area contributed by atoms with Gasteiger partial charge in [0.05, 0.1) is 35.9 Å². The van der Waals surface area contributed by atoms with Crippen LogP contribution in [0.4, 0.5) is 10.2 Å². The molecular weight excluding hydrogens is 474 g/mol. The monoisotopic (exact) mass is 496 g/mol. The fourth-order valence-corrected chi connectivity index (χ4v) is 3.60. The summed E-state index contributed by atoms with van der Waals surface area (Å²) < 4.78 is 15.1. The summed E-state index contributed by atoms with van der Waals surface area (Å²) in [6.07, 6.45) is 3.20. The topological polar surface area (TPSA) is 99.9 Å². The van der Waals surface area contributed by atoms with Gasteiger partial charge in [0.2, 0.25) is 0 Å². The van der Waals surface area contributed by atoms with E-state index in [1.807, 2.05) is 0 Å². The molecule has 0 aliphatic heterocycles. The van der Waals surface area contributed by atoms with Crippen molar-refractivity contribution in [1.29, 1.82) is 0 Å². The number of pyridine rings is 1. The van der Waals surface area contributed by atoms with Crippen LogP contribution >= 0.6 is 23.2 Å². The van der Waals surface area contributed by atoms with Crippen LogP contribution in [0.1, 0.15) is 22.1 Å². The lowest BCUT2D eigenvalue weighted by molar-refractivity contribution is 0.0814. The third-order valence-electron chi connectivity index (χ3n) is 4.92. The van der Waals surface area contributed by atoms with Gasteiger partial charge in [-0.1, -0.05) is 29.3 Å². The predicted octanol–water partition coefficient (Wildman–Crippen LogP) is 3.36. The Morgan fingerprint density at radius 2 is 2.03 bits per heavy atom. The highest BCUT2D eigenvalue weighted by Gasteiger charge is 2.20. The molecule has 2 heterocycles. The Morgan fingerprint density at radius 1 is 1.27 bits per heavy atom. The maximum Gasteiger partial charge on any atom is 0.268 e. The molecule has 3 N–H and O–H groups in total. The van der Waals surface area contributed by atoms with E-state index in [4.69, 9.17) is 33.1 Å². The first-order chi connectivity index (χ1) is 15.7. The molecule has 0 aliphatic carbocycles. The number of aliphatic hydroxyl groups is 2. The summed E-state index contributed by atoms with van der Waals surface area (Å²) in [5.41, 5.74) is 2.08. The van der Waals surface area contributed by atoms with E-state index in [2.05, 4.69) is 10.3 Å². The SMILES string of the molecule is CN(OCCO)c1cc(-c2cc(C(=O)N[C@H](CO)c3ccc(F)c(Cl)c3)n(C)c2)c(Cl)cn1. The second-order valence-electron chi connectivity index (χ2n) is 7.18. The van der Waals surface area contributed by atoms with Crippen molar-refractivity contribution < 1.29 is 24.2 Å². The molecule has 0 bridgehead atoms. The van der Waals surface area contributed by atoms with Crippen molar-refractivity contribution in [2.75, 3.05) is 31.9 Å². The van der Waals surface area contributed by atoms with Crippen molar-refractivity contribution in [2.45, 2.75) is 6.04 Å². The summed E-state index contributed by atoms with van der Waals surface area (Å²) in [7, 11) is 3.35. The molecule has 8 nitrogen and oxygen atoms in total. The van der Waals surface area contributed by atoms with E-state index in [1.165, 1.54) is 29.5 Å². The number of hydroxylamine groups is 1. The normalized spacial score (nSPS) is 12.0. The van der Waals surface area contributed by atoms with Crippen LogP contribution in [0.3, 0.4) is 0 Å². The third kappa shape index (κ3) is 5.82. The van der Waals surface area contributed by atoms with Crippen molar-refractivity contribution >= 4 is 34.9 Å². The number of nitrogens with one attached hydrogen (secondary N) is 1. The summed E-state index contributed by atoms with van der Waals surface area (Å²) in [5, 5.41) is 23.1. The van der Waals surface area contributed by atoms with Crippen LogP contribution in [-0.2, 0) is 11.9 Å². The molecule has 2 aromatic heterocycles. The van der Waals surface area contributed by atoms with Crippen LogP contribution in [0.15, 0.2) is 42.7 Å². The molecular formula is C22H23Cl2FN4O4. The molecule has 0 fully saturated rings. The van der Waals surface area contributed by atoms with Crippen molar-refractivity contribution in [3.63, 3.8) is 0 Å². The van der Waals surface area contributed by atoms with Crippen LogP contribution in [0.25, 0.3) is 11.1 Å². The quantitative estimate of drug-likeness (QED) is 0.392. The van der Waals surface area contributed by atoms with Gasteiger partial charge in [-0.2, -0.15) is 0 Å². The summed E-state index contributed by atoms with van der Waals surface area (Å²) in [6, 6.07) is 6.57. The lowest BCUT2D eigenvalue weighted by atomic mass is 10.1. The van der Waals surface area contributed by atoms with E-state index in [1.54, 1.807) is 37.0 Å². The number of hydrogen-bond donors (Lipinski definition) is 3. The van der Waals surface area contributed by atoms with Crippen molar-refractivity contribution in [3.8, 4) is 11.1 Å². The molecule has 0 aliphatic rings. The smallest absolute Gasteiger partial charge is 0.268 e. The van der Waals surface area contributed by atoms with Gasteiger partial charge in [0, 0.05) is 37.6 Å². The Balaban J connectivity index is 1.85. The third-order valence-corrected chi connectivity index (χ3v) is 5.51. The summed E-state index contributed by atoms with van der Waals surface area (Å²) in [4.78, 5) is 22.5. The first kappa shape index (κ1) is 24.9. The highest BCUT2D eigenvalue weighted by atomic mass is 35.5. The average Bonchev–Trinajstić information content (AvgIpc) is 3.19. The maximum absolute atomic E-state index is 13.5. The van der Waals surface area contributed by atoms with Crippen molar-refractivity contribution in [2.24, 2.45) is 7.05 Å². The highest BCUT2D eigenvalue weighted by molar-refractivity contribution is 6.33. The fraction of sp³-hybridized carbons (Fsp3) is 0.273. The highest BCUT2D eigenvalue weighted by Crippen LogP contribution is 2.31. The van der Waals surface area contributed by atoms with Crippen molar-refractivity contribution in [3.05, 3.63) is 69.8 Å². The van der Waals surface area contributed by atoms with Crippen LogP contribution < -0.4 is 10.4 Å². The summed E-state index contributed by atoms with van der Waals surface area (Å²) in [6.45, 7) is -0.428. The standard InChI is InChI=1S/C22H23Cl2FN4O4/c1-28-11-14(15-9-21(26-10-17(15)24)29(2)33-6-5-30)8-20(28)22(32)27-19(12-31)13-3-4-18(25)16(23)7-13/h3-4,7-11,19,30-31H,5-6,12H2,1-2H3,(H,27,32)/t19-/m1/s1. The zero-order valence-corrected chi connectivity index (χ0v) is 19.4. The summed E-state index contributed by atoms with van der Waals surface area (Å²) >= 11 is 12.2. The number of rotatable bonds is 9. The van der Waals surface area contributed by atoms with Gasteiger partial charge in [0.15, 0.2) is 5.82 Å². The first-order valence-electron chi connectivity index (χ1n) is 9.91. The number of benzene rings is 1. The minimum absolute atomic E-state index is 0.0996. The zero-order valence-electron chi connectivity index (χ0n) is 17.9. The van der Waals surface area contributed by atoms with Gasteiger partial charge >= 0.3 is 0 Å². The molecule has 1 aromatic carbocycles. The lowest BCUT2D eigenvalue weighted by Gasteiger charge is -2.18. The molecule has 176 valence electrons. The molecule has 11 heteroatoms. The van der Waals surface area contributed by atoms with Crippen molar-refractivity contribution in [1.82, 2.24) is 14.9 Å². The minimum atomic E-state index is -0.776. The predicted molar refractivity (Wildman–Crippen MR) is 124 cm³/mol. The number of nitrogens with zero attached hydrogens (tertiary/aromatic N) is 3. The summed E-state index contributed by atoms with van der Waals surface area (Å²) in [5.74, 6) is -0.570. The van der Waals surface area contributed by atoms with Crippen LogP contribution in [0.5, 0.6) is 0 Å². The number of aromatic nitrogens is 2. The molecule has 0 unspecified atom stereocenters.